The van der Waals surface area contributed by atoms with Gasteiger partial charge in [0.15, 0.2) is 0 Å². The van der Waals surface area contributed by atoms with Gasteiger partial charge in [-0.1, -0.05) is 18.2 Å². The summed E-state index contributed by atoms with van der Waals surface area (Å²) in [5.74, 6) is -1.43. The highest BCUT2D eigenvalue weighted by atomic mass is 19.1. The van der Waals surface area contributed by atoms with Gasteiger partial charge >= 0.3 is 0 Å². The molecule has 0 aliphatic carbocycles. The summed E-state index contributed by atoms with van der Waals surface area (Å²) in [6.07, 6.45) is 4.51. The lowest BCUT2D eigenvalue weighted by atomic mass is 9.81. The van der Waals surface area contributed by atoms with Crippen molar-refractivity contribution >= 4 is 17.5 Å². The number of fused-ring (bicyclic) bond motifs is 5. The maximum Gasteiger partial charge on any atom is 0.240 e. The first-order valence-electron chi connectivity index (χ1n) is 8.42. The van der Waals surface area contributed by atoms with Crippen molar-refractivity contribution < 1.29 is 18.7 Å². The monoisotopic (exact) mass is 341 g/mol. The first-order valence-corrected chi connectivity index (χ1v) is 8.42. The Kier molecular flexibility index (Phi) is 3.09. The number of ether oxygens (including phenoxy) is 1. The number of hydrogen-bond acceptors (Lipinski definition) is 4. The standard InChI is InChI=1S/C18H16FN3O3/c19-12-4-2-1-3-10(12)8-21-9-11(7-20-21)22-17(23)15-13-5-6-14(25-13)16(15)18(22)24/h1-4,7,9,13-16H,5-6,8H2/t13-,14-,15+,16+/m1/s1. The van der Waals surface area contributed by atoms with E-state index in [-0.39, 0.29) is 48.2 Å². The number of aromatic nitrogens is 2. The lowest BCUT2D eigenvalue weighted by Crippen LogP contribution is -2.34. The van der Waals surface area contributed by atoms with Gasteiger partial charge in [0.2, 0.25) is 11.8 Å². The summed E-state index contributed by atoms with van der Waals surface area (Å²) in [5, 5.41) is 4.19. The van der Waals surface area contributed by atoms with Gasteiger partial charge in [0.25, 0.3) is 0 Å². The first-order chi connectivity index (χ1) is 12.1. The molecule has 3 aliphatic heterocycles. The van der Waals surface area contributed by atoms with Gasteiger partial charge in [0.05, 0.1) is 42.5 Å². The normalized spacial score (nSPS) is 30.4. The van der Waals surface area contributed by atoms with Crippen LogP contribution in [0.1, 0.15) is 18.4 Å². The largest absolute Gasteiger partial charge is 0.373 e. The van der Waals surface area contributed by atoms with Gasteiger partial charge in [-0.2, -0.15) is 5.10 Å². The van der Waals surface area contributed by atoms with Crippen LogP contribution in [0.3, 0.4) is 0 Å². The van der Waals surface area contributed by atoms with E-state index in [0.717, 1.165) is 12.8 Å². The molecule has 0 radical (unpaired) electrons. The topological polar surface area (TPSA) is 64.4 Å². The Hall–Kier alpha value is -2.54. The van der Waals surface area contributed by atoms with E-state index in [2.05, 4.69) is 5.10 Å². The molecule has 25 heavy (non-hydrogen) atoms. The van der Waals surface area contributed by atoms with Crippen LogP contribution in [0.25, 0.3) is 0 Å². The molecule has 1 aromatic heterocycles. The molecule has 0 N–H and O–H groups in total. The molecule has 0 unspecified atom stereocenters. The third-order valence-corrected chi connectivity index (χ3v) is 5.45. The van der Waals surface area contributed by atoms with Crippen LogP contribution < -0.4 is 4.90 Å². The predicted molar refractivity (Wildman–Crippen MR) is 85.1 cm³/mol. The predicted octanol–water partition coefficient (Wildman–Crippen LogP) is 1.74. The van der Waals surface area contributed by atoms with Gasteiger partial charge in [-0.15, -0.1) is 0 Å². The number of carbonyl (C=O) groups excluding carboxylic acids is 2. The summed E-state index contributed by atoms with van der Waals surface area (Å²) in [5.41, 5.74) is 0.944. The number of benzene rings is 1. The summed E-state index contributed by atoms with van der Waals surface area (Å²) in [4.78, 5) is 26.7. The third-order valence-electron chi connectivity index (χ3n) is 5.45. The lowest BCUT2D eigenvalue weighted by molar-refractivity contribution is -0.124. The Labute approximate surface area is 143 Å². The van der Waals surface area contributed by atoms with Crippen molar-refractivity contribution in [2.24, 2.45) is 11.8 Å². The minimum Gasteiger partial charge on any atom is -0.373 e. The molecule has 4 heterocycles. The van der Waals surface area contributed by atoms with Crippen LogP contribution in [-0.4, -0.2) is 33.8 Å². The summed E-state index contributed by atoms with van der Waals surface area (Å²) in [7, 11) is 0. The molecule has 0 spiro atoms. The van der Waals surface area contributed by atoms with Gasteiger partial charge in [-0.3, -0.25) is 14.3 Å². The Balaban J connectivity index is 1.41. The quantitative estimate of drug-likeness (QED) is 0.798. The molecule has 7 heteroatoms. The second kappa shape index (κ2) is 5.23. The third kappa shape index (κ3) is 2.08. The highest BCUT2D eigenvalue weighted by molar-refractivity contribution is 6.22. The summed E-state index contributed by atoms with van der Waals surface area (Å²) in [6, 6.07) is 6.46. The molecule has 3 saturated heterocycles. The van der Waals surface area contributed by atoms with E-state index in [4.69, 9.17) is 4.74 Å². The summed E-state index contributed by atoms with van der Waals surface area (Å²) in [6.45, 7) is 0.240. The van der Waals surface area contributed by atoms with E-state index in [9.17, 15) is 14.0 Å². The number of amides is 2. The highest BCUT2D eigenvalue weighted by Crippen LogP contribution is 2.49. The van der Waals surface area contributed by atoms with Crippen LogP contribution >= 0.6 is 0 Å². The molecule has 2 aromatic rings. The Morgan fingerprint density at radius 1 is 1.12 bits per heavy atom. The first kappa shape index (κ1) is 14.8. The van der Waals surface area contributed by atoms with Crippen LogP contribution in [-0.2, 0) is 20.9 Å². The number of rotatable bonds is 3. The fraction of sp³-hybridized carbons (Fsp3) is 0.389. The molecular formula is C18H16FN3O3. The SMILES string of the molecule is O=C1[C@@H]2[C@@H](C(=O)N1c1cnn(Cc3ccccc3F)c1)[C@H]1CC[C@H]2O1. The van der Waals surface area contributed by atoms with E-state index in [1.807, 2.05) is 0 Å². The zero-order chi connectivity index (χ0) is 17.1. The second-order valence-electron chi connectivity index (χ2n) is 6.84. The van der Waals surface area contributed by atoms with Crippen molar-refractivity contribution in [1.82, 2.24) is 9.78 Å². The number of nitrogens with zero attached hydrogens (tertiary/aromatic N) is 3. The lowest BCUT2D eigenvalue weighted by Gasteiger charge is -2.15. The molecule has 5 rings (SSSR count). The van der Waals surface area contributed by atoms with Gasteiger partial charge in [-0.05, 0) is 18.9 Å². The van der Waals surface area contributed by atoms with Crippen LogP contribution in [0.5, 0.6) is 0 Å². The van der Waals surface area contributed by atoms with Crippen molar-refractivity contribution in [3.8, 4) is 0 Å². The number of carbonyl (C=O) groups is 2. The van der Waals surface area contributed by atoms with Crippen molar-refractivity contribution in [2.75, 3.05) is 4.90 Å². The number of hydrogen-bond donors (Lipinski definition) is 0. The number of anilines is 1. The van der Waals surface area contributed by atoms with Gasteiger partial charge in [-0.25, -0.2) is 9.29 Å². The molecule has 2 amide bonds. The van der Waals surface area contributed by atoms with E-state index in [1.165, 1.54) is 21.8 Å². The fourth-order valence-electron chi connectivity index (χ4n) is 4.32. The Bertz CT molecular complexity index is 852. The average molecular weight is 341 g/mol. The molecule has 2 bridgehead atoms. The maximum atomic E-state index is 13.8. The number of halogens is 1. The molecule has 6 nitrogen and oxygen atoms in total. The minimum absolute atomic E-state index is 0.134. The van der Waals surface area contributed by atoms with Crippen molar-refractivity contribution in [2.45, 2.75) is 31.6 Å². The van der Waals surface area contributed by atoms with E-state index >= 15 is 0 Å². The van der Waals surface area contributed by atoms with Gasteiger partial charge in [0, 0.05) is 11.8 Å². The van der Waals surface area contributed by atoms with Crippen molar-refractivity contribution in [1.29, 1.82) is 0 Å². The minimum atomic E-state index is -0.360. The van der Waals surface area contributed by atoms with E-state index in [0.29, 0.717) is 11.3 Å². The Morgan fingerprint density at radius 2 is 1.80 bits per heavy atom. The van der Waals surface area contributed by atoms with Crippen LogP contribution in [0.2, 0.25) is 0 Å². The summed E-state index contributed by atoms with van der Waals surface area (Å²) < 4.78 is 21.0. The second-order valence-corrected chi connectivity index (χ2v) is 6.84. The number of imide groups is 1. The fourth-order valence-corrected chi connectivity index (χ4v) is 4.32. The van der Waals surface area contributed by atoms with Crippen LogP contribution in [0.4, 0.5) is 10.1 Å². The average Bonchev–Trinajstić information content (AvgIpc) is 3.35. The summed E-state index contributed by atoms with van der Waals surface area (Å²) >= 11 is 0. The molecule has 3 fully saturated rings. The molecule has 128 valence electrons. The zero-order valence-electron chi connectivity index (χ0n) is 13.3. The van der Waals surface area contributed by atoms with Crippen molar-refractivity contribution in [3.05, 3.63) is 48.0 Å². The highest BCUT2D eigenvalue weighted by Gasteiger charge is 2.62. The molecular weight excluding hydrogens is 325 g/mol. The van der Waals surface area contributed by atoms with E-state index in [1.54, 1.807) is 24.4 Å². The van der Waals surface area contributed by atoms with Crippen molar-refractivity contribution in [3.63, 3.8) is 0 Å². The molecule has 1 aromatic carbocycles. The van der Waals surface area contributed by atoms with Crippen LogP contribution in [0, 0.1) is 17.7 Å². The Morgan fingerprint density at radius 3 is 2.48 bits per heavy atom. The molecule has 3 aliphatic rings. The molecule has 4 atom stereocenters. The maximum absolute atomic E-state index is 13.8. The van der Waals surface area contributed by atoms with Gasteiger partial charge < -0.3 is 4.74 Å². The zero-order valence-corrected chi connectivity index (χ0v) is 13.3. The van der Waals surface area contributed by atoms with E-state index < -0.39 is 0 Å². The smallest absolute Gasteiger partial charge is 0.240 e. The molecule has 0 saturated carbocycles. The van der Waals surface area contributed by atoms with Crippen LogP contribution in [0.15, 0.2) is 36.7 Å². The van der Waals surface area contributed by atoms with Gasteiger partial charge in [0.1, 0.15) is 5.82 Å².